The molecule has 1 rings (SSSR count). The molecule has 0 aliphatic carbocycles. The van der Waals surface area contributed by atoms with E-state index in [4.69, 9.17) is 11.0 Å². The van der Waals surface area contributed by atoms with Crippen LogP contribution in [0.1, 0.15) is 17.3 Å². The Kier molecular flexibility index (Phi) is 2.43. The fourth-order valence-corrected chi connectivity index (χ4v) is 1.43. The number of hydrogen-bond donors (Lipinski definition) is 1. The highest BCUT2D eigenvalue weighted by Gasteiger charge is 2.04. The fraction of sp³-hybridized carbons (Fsp3) is 0.286. The molecular weight excluding hydrogens is 144 g/mol. The fourth-order valence-electron chi connectivity index (χ4n) is 0.701. The molecule has 2 N–H and O–H groups in total. The molecule has 0 spiro atoms. The number of nitrogens with two attached hydrogens (primary N) is 1. The summed E-state index contributed by atoms with van der Waals surface area (Å²) in [5, 5.41) is 10.3. The molecule has 1 aromatic heterocycles. The number of hydrogen-bond acceptors (Lipinski definition) is 3. The normalized spacial score (nSPS) is 12.4. The minimum absolute atomic E-state index is 0.0926. The van der Waals surface area contributed by atoms with Gasteiger partial charge in [-0.15, -0.1) is 11.3 Å². The quantitative estimate of drug-likeness (QED) is 0.700. The zero-order valence-corrected chi connectivity index (χ0v) is 6.27. The average molecular weight is 152 g/mol. The van der Waals surface area contributed by atoms with Gasteiger partial charge in [-0.25, -0.2) is 0 Å². The molecule has 0 saturated carbocycles. The zero-order chi connectivity index (χ0) is 7.40. The molecule has 0 fully saturated rings. The van der Waals surface area contributed by atoms with Gasteiger partial charge in [0, 0.05) is 4.88 Å². The molecule has 0 bridgehead atoms. The van der Waals surface area contributed by atoms with Crippen molar-refractivity contribution in [2.24, 2.45) is 5.73 Å². The van der Waals surface area contributed by atoms with E-state index in [1.54, 1.807) is 11.3 Å². The molecule has 0 aliphatic rings. The molecule has 1 unspecified atom stereocenters. The van der Waals surface area contributed by atoms with Gasteiger partial charge in [0.1, 0.15) is 0 Å². The molecule has 2 nitrogen and oxygen atoms in total. The summed E-state index contributed by atoms with van der Waals surface area (Å²) in [5.74, 6) is 0. The Balaban J connectivity index is 2.61. The third kappa shape index (κ3) is 1.56. The predicted octanol–water partition coefficient (Wildman–Crippen LogP) is 1.66. The van der Waals surface area contributed by atoms with Gasteiger partial charge in [-0.3, -0.25) is 0 Å². The van der Waals surface area contributed by atoms with Gasteiger partial charge in [0.05, 0.1) is 18.5 Å². The Morgan fingerprint density at radius 2 is 2.60 bits per heavy atom. The van der Waals surface area contributed by atoms with Crippen molar-refractivity contribution < 1.29 is 0 Å². The highest BCUT2D eigenvalue weighted by molar-refractivity contribution is 7.10. The van der Waals surface area contributed by atoms with Crippen LogP contribution >= 0.6 is 11.3 Å². The Bertz CT molecular complexity index is 222. The second-order valence-electron chi connectivity index (χ2n) is 1.98. The lowest BCUT2D eigenvalue weighted by Crippen LogP contribution is -2.06. The van der Waals surface area contributed by atoms with E-state index < -0.39 is 0 Å². The number of nitrogens with zero attached hydrogens (tertiary/aromatic N) is 1. The molecule has 1 heterocycles. The van der Waals surface area contributed by atoms with Crippen molar-refractivity contribution in [1.82, 2.24) is 0 Å². The third-order valence-electron chi connectivity index (χ3n) is 1.22. The van der Waals surface area contributed by atoms with Gasteiger partial charge >= 0.3 is 0 Å². The minimum atomic E-state index is -0.0926. The highest BCUT2D eigenvalue weighted by atomic mass is 32.1. The first-order valence-electron chi connectivity index (χ1n) is 3.00. The van der Waals surface area contributed by atoms with Crippen molar-refractivity contribution in [2.45, 2.75) is 12.5 Å². The maximum Gasteiger partial charge on any atom is 0.0642 e. The van der Waals surface area contributed by atoms with Crippen LogP contribution in [0.5, 0.6) is 0 Å². The molecule has 0 aromatic carbocycles. The number of nitriles is 1. The largest absolute Gasteiger partial charge is 0.322 e. The van der Waals surface area contributed by atoms with Crippen molar-refractivity contribution in [1.29, 1.82) is 5.26 Å². The van der Waals surface area contributed by atoms with E-state index in [-0.39, 0.29) is 6.04 Å². The second kappa shape index (κ2) is 3.35. The van der Waals surface area contributed by atoms with E-state index in [0.29, 0.717) is 6.42 Å². The van der Waals surface area contributed by atoms with Crippen LogP contribution in [-0.2, 0) is 0 Å². The Morgan fingerprint density at radius 3 is 3.10 bits per heavy atom. The topological polar surface area (TPSA) is 49.8 Å². The molecular formula is C7H8N2S. The van der Waals surface area contributed by atoms with Gasteiger partial charge in [0.2, 0.25) is 0 Å². The van der Waals surface area contributed by atoms with Gasteiger partial charge in [0.25, 0.3) is 0 Å². The summed E-state index contributed by atoms with van der Waals surface area (Å²) < 4.78 is 0. The molecule has 0 saturated heterocycles. The summed E-state index contributed by atoms with van der Waals surface area (Å²) >= 11 is 1.59. The Morgan fingerprint density at radius 1 is 1.80 bits per heavy atom. The molecule has 1 aromatic rings. The molecule has 3 heteroatoms. The minimum Gasteiger partial charge on any atom is -0.322 e. The van der Waals surface area contributed by atoms with Crippen LogP contribution in [0.2, 0.25) is 0 Å². The SMILES string of the molecule is N#CCC(N)c1cccs1. The molecule has 0 amide bonds. The van der Waals surface area contributed by atoms with Crippen LogP contribution in [0.3, 0.4) is 0 Å². The smallest absolute Gasteiger partial charge is 0.0642 e. The first kappa shape index (κ1) is 7.26. The summed E-state index contributed by atoms with van der Waals surface area (Å²) in [6.45, 7) is 0. The average Bonchev–Trinajstić information content (AvgIpc) is 2.38. The lowest BCUT2D eigenvalue weighted by molar-refractivity contribution is 0.765. The van der Waals surface area contributed by atoms with E-state index in [1.807, 2.05) is 23.6 Å². The van der Waals surface area contributed by atoms with Crippen LogP contribution in [0.4, 0.5) is 0 Å². The summed E-state index contributed by atoms with van der Waals surface area (Å²) in [6, 6.07) is 5.84. The lowest BCUT2D eigenvalue weighted by atomic mass is 10.2. The Hall–Kier alpha value is -0.850. The van der Waals surface area contributed by atoms with Crippen LogP contribution < -0.4 is 5.73 Å². The van der Waals surface area contributed by atoms with Crippen molar-refractivity contribution in [3.05, 3.63) is 22.4 Å². The molecule has 52 valence electrons. The van der Waals surface area contributed by atoms with Gasteiger partial charge < -0.3 is 5.73 Å². The summed E-state index contributed by atoms with van der Waals surface area (Å²) in [6.07, 6.45) is 0.403. The van der Waals surface area contributed by atoms with E-state index in [9.17, 15) is 0 Å². The first-order valence-corrected chi connectivity index (χ1v) is 3.88. The van der Waals surface area contributed by atoms with Crippen LogP contribution in [0.15, 0.2) is 17.5 Å². The van der Waals surface area contributed by atoms with Gasteiger partial charge in [0.15, 0.2) is 0 Å². The highest BCUT2D eigenvalue weighted by Crippen LogP contribution is 2.18. The molecule has 0 radical (unpaired) electrons. The van der Waals surface area contributed by atoms with Crippen molar-refractivity contribution in [3.63, 3.8) is 0 Å². The van der Waals surface area contributed by atoms with E-state index in [0.717, 1.165) is 4.88 Å². The van der Waals surface area contributed by atoms with Crippen LogP contribution in [0.25, 0.3) is 0 Å². The molecule has 1 atom stereocenters. The Labute approximate surface area is 63.9 Å². The summed E-state index contributed by atoms with van der Waals surface area (Å²) in [7, 11) is 0. The van der Waals surface area contributed by atoms with E-state index >= 15 is 0 Å². The number of rotatable bonds is 2. The van der Waals surface area contributed by atoms with Crippen LogP contribution in [-0.4, -0.2) is 0 Å². The lowest BCUT2D eigenvalue weighted by Gasteiger charge is -2.01. The maximum atomic E-state index is 8.31. The van der Waals surface area contributed by atoms with E-state index in [1.165, 1.54) is 0 Å². The predicted molar refractivity (Wildman–Crippen MR) is 41.5 cm³/mol. The standard InChI is InChI=1S/C7H8N2S/c8-4-3-6(9)7-2-1-5-10-7/h1-2,5-6H,3,9H2. The van der Waals surface area contributed by atoms with Gasteiger partial charge in [-0.1, -0.05) is 6.07 Å². The monoisotopic (exact) mass is 152 g/mol. The molecule has 10 heavy (non-hydrogen) atoms. The maximum absolute atomic E-state index is 8.31. The van der Waals surface area contributed by atoms with Crippen molar-refractivity contribution in [3.8, 4) is 6.07 Å². The first-order chi connectivity index (χ1) is 4.84. The zero-order valence-electron chi connectivity index (χ0n) is 5.45. The van der Waals surface area contributed by atoms with Gasteiger partial charge in [-0.05, 0) is 11.4 Å². The second-order valence-corrected chi connectivity index (χ2v) is 2.96. The van der Waals surface area contributed by atoms with Crippen molar-refractivity contribution in [2.75, 3.05) is 0 Å². The van der Waals surface area contributed by atoms with Crippen LogP contribution in [0, 0.1) is 11.3 Å². The summed E-state index contributed by atoms with van der Waals surface area (Å²) in [4.78, 5) is 1.08. The summed E-state index contributed by atoms with van der Waals surface area (Å²) in [5.41, 5.74) is 5.64. The van der Waals surface area contributed by atoms with E-state index in [2.05, 4.69) is 0 Å². The van der Waals surface area contributed by atoms with Gasteiger partial charge in [-0.2, -0.15) is 5.26 Å². The third-order valence-corrected chi connectivity index (χ3v) is 2.22. The molecule has 0 aliphatic heterocycles. The van der Waals surface area contributed by atoms with Crippen molar-refractivity contribution >= 4 is 11.3 Å². The number of thiophene rings is 1.